The van der Waals surface area contributed by atoms with Crippen molar-refractivity contribution in [3.63, 3.8) is 0 Å². The first-order valence-electron chi connectivity index (χ1n) is 6.53. The predicted molar refractivity (Wildman–Crippen MR) is 72.6 cm³/mol. The molecule has 0 N–H and O–H groups in total. The Morgan fingerprint density at radius 1 is 1.00 bits per heavy atom. The number of benzene rings is 1. The first-order valence-corrected chi connectivity index (χ1v) is 7.06. The average Bonchev–Trinajstić information content (AvgIpc) is 2.39. The lowest BCUT2D eigenvalue weighted by Crippen LogP contribution is -2.17. The molecule has 0 aromatic heterocycles. The topological polar surface area (TPSA) is 35.5 Å². The van der Waals surface area contributed by atoms with Gasteiger partial charge in [0.05, 0.1) is 0 Å². The van der Waals surface area contributed by atoms with E-state index in [9.17, 15) is 18.0 Å². The molecule has 0 aliphatic carbocycles. The lowest BCUT2D eigenvalue weighted by Gasteiger charge is -2.09. The Balaban J connectivity index is 2.33. The van der Waals surface area contributed by atoms with Gasteiger partial charge in [-0.1, -0.05) is 12.8 Å². The fraction of sp³-hybridized carbons (Fsp3) is 0.500. The SMILES string of the molecule is O=C(CCCCCCCl)Oc1ccc(OC(F)(F)F)cc1. The van der Waals surface area contributed by atoms with Gasteiger partial charge in [0.25, 0.3) is 0 Å². The van der Waals surface area contributed by atoms with Crippen LogP contribution in [0.25, 0.3) is 0 Å². The number of carbonyl (C=O) groups excluding carboxylic acids is 1. The zero-order chi connectivity index (χ0) is 15.7. The van der Waals surface area contributed by atoms with Crippen molar-refractivity contribution < 1.29 is 27.4 Å². The normalized spacial score (nSPS) is 11.2. The van der Waals surface area contributed by atoms with Crippen molar-refractivity contribution >= 4 is 17.6 Å². The highest BCUT2D eigenvalue weighted by Gasteiger charge is 2.30. The van der Waals surface area contributed by atoms with Crippen LogP contribution in [0.4, 0.5) is 13.2 Å². The van der Waals surface area contributed by atoms with Crippen LogP contribution in [-0.2, 0) is 4.79 Å². The number of hydrogen-bond acceptors (Lipinski definition) is 3. The second-order valence-electron chi connectivity index (χ2n) is 4.35. The van der Waals surface area contributed by atoms with Gasteiger partial charge in [-0.2, -0.15) is 0 Å². The summed E-state index contributed by atoms with van der Waals surface area (Å²) in [4.78, 5) is 11.5. The van der Waals surface area contributed by atoms with Crippen molar-refractivity contribution in [3.05, 3.63) is 24.3 Å². The van der Waals surface area contributed by atoms with Gasteiger partial charge in [-0.05, 0) is 37.1 Å². The van der Waals surface area contributed by atoms with E-state index in [1.165, 1.54) is 12.1 Å². The summed E-state index contributed by atoms with van der Waals surface area (Å²) in [6.45, 7) is 0. The van der Waals surface area contributed by atoms with Gasteiger partial charge in [0.15, 0.2) is 0 Å². The van der Waals surface area contributed by atoms with E-state index >= 15 is 0 Å². The maximum absolute atomic E-state index is 12.0. The highest BCUT2D eigenvalue weighted by atomic mass is 35.5. The van der Waals surface area contributed by atoms with Crippen LogP contribution in [0.15, 0.2) is 24.3 Å². The van der Waals surface area contributed by atoms with Crippen LogP contribution >= 0.6 is 11.6 Å². The van der Waals surface area contributed by atoms with Gasteiger partial charge < -0.3 is 9.47 Å². The van der Waals surface area contributed by atoms with Crippen LogP contribution in [0.1, 0.15) is 32.1 Å². The third kappa shape index (κ3) is 8.45. The lowest BCUT2D eigenvalue weighted by molar-refractivity contribution is -0.274. The largest absolute Gasteiger partial charge is 0.573 e. The fourth-order valence-corrected chi connectivity index (χ4v) is 1.80. The molecule has 0 saturated carbocycles. The second-order valence-corrected chi connectivity index (χ2v) is 4.72. The monoisotopic (exact) mass is 324 g/mol. The molecular weight excluding hydrogens is 309 g/mol. The van der Waals surface area contributed by atoms with Crippen molar-refractivity contribution in [2.45, 2.75) is 38.5 Å². The molecule has 7 heteroatoms. The van der Waals surface area contributed by atoms with Gasteiger partial charge in [0, 0.05) is 12.3 Å². The van der Waals surface area contributed by atoms with E-state index in [1.54, 1.807) is 0 Å². The van der Waals surface area contributed by atoms with E-state index in [1.807, 2.05) is 0 Å². The maximum Gasteiger partial charge on any atom is 0.573 e. The fourth-order valence-electron chi connectivity index (χ4n) is 1.61. The summed E-state index contributed by atoms with van der Waals surface area (Å²) in [5, 5.41) is 0. The molecule has 1 aromatic carbocycles. The minimum atomic E-state index is -4.73. The highest BCUT2D eigenvalue weighted by molar-refractivity contribution is 6.17. The third-order valence-electron chi connectivity index (χ3n) is 2.55. The average molecular weight is 325 g/mol. The minimum absolute atomic E-state index is 0.190. The highest BCUT2D eigenvalue weighted by Crippen LogP contribution is 2.24. The van der Waals surface area contributed by atoms with Crippen LogP contribution in [0.3, 0.4) is 0 Å². The molecule has 0 heterocycles. The number of esters is 1. The van der Waals surface area contributed by atoms with Crippen LogP contribution in [0.5, 0.6) is 11.5 Å². The third-order valence-corrected chi connectivity index (χ3v) is 2.82. The van der Waals surface area contributed by atoms with Gasteiger partial charge in [-0.25, -0.2) is 0 Å². The van der Waals surface area contributed by atoms with Crippen molar-refractivity contribution in [3.8, 4) is 11.5 Å². The Morgan fingerprint density at radius 2 is 1.57 bits per heavy atom. The van der Waals surface area contributed by atoms with E-state index < -0.39 is 12.3 Å². The molecule has 0 fully saturated rings. The molecule has 21 heavy (non-hydrogen) atoms. The van der Waals surface area contributed by atoms with Crippen molar-refractivity contribution in [1.82, 2.24) is 0 Å². The van der Waals surface area contributed by atoms with Crippen LogP contribution in [-0.4, -0.2) is 18.2 Å². The molecule has 3 nitrogen and oxygen atoms in total. The van der Waals surface area contributed by atoms with Crippen LogP contribution < -0.4 is 9.47 Å². The molecule has 0 amide bonds. The lowest BCUT2D eigenvalue weighted by atomic mass is 10.1. The van der Waals surface area contributed by atoms with Gasteiger partial charge in [-0.3, -0.25) is 4.79 Å². The number of carbonyl (C=O) groups is 1. The first kappa shape index (κ1) is 17.6. The molecule has 0 radical (unpaired) electrons. The van der Waals surface area contributed by atoms with E-state index in [0.717, 1.165) is 31.4 Å². The molecule has 0 bridgehead atoms. The maximum atomic E-state index is 12.0. The zero-order valence-electron chi connectivity index (χ0n) is 11.3. The summed E-state index contributed by atoms with van der Waals surface area (Å²) in [6.07, 6.45) is -1.01. The van der Waals surface area contributed by atoms with E-state index in [4.69, 9.17) is 16.3 Å². The predicted octanol–water partition coefficient (Wildman–Crippen LogP) is 4.68. The molecule has 0 saturated heterocycles. The molecular formula is C14H16ClF3O3. The van der Waals surface area contributed by atoms with Gasteiger partial charge >= 0.3 is 12.3 Å². The molecule has 0 aliphatic rings. The van der Waals surface area contributed by atoms with Gasteiger partial charge in [-0.15, -0.1) is 24.8 Å². The van der Waals surface area contributed by atoms with E-state index in [0.29, 0.717) is 12.3 Å². The number of rotatable bonds is 8. The summed E-state index contributed by atoms with van der Waals surface area (Å²) >= 11 is 5.53. The van der Waals surface area contributed by atoms with Crippen molar-refractivity contribution in [2.75, 3.05) is 5.88 Å². The first-order chi connectivity index (χ1) is 9.90. The molecule has 118 valence electrons. The smallest absolute Gasteiger partial charge is 0.427 e. The van der Waals surface area contributed by atoms with Crippen LogP contribution in [0, 0.1) is 0 Å². The number of alkyl halides is 4. The molecule has 0 spiro atoms. The quantitative estimate of drug-likeness (QED) is 0.301. The standard InChI is InChI=1S/C14H16ClF3O3/c15-10-4-2-1-3-5-13(19)20-11-6-8-12(9-7-11)21-14(16,17)18/h6-9H,1-5,10H2. The summed E-state index contributed by atoms with van der Waals surface area (Å²) in [5.74, 6) is 0.0283. The molecule has 1 rings (SSSR count). The summed E-state index contributed by atoms with van der Waals surface area (Å²) in [6, 6.07) is 4.70. The summed E-state index contributed by atoms with van der Waals surface area (Å²) < 4.78 is 44.6. The number of hydrogen-bond donors (Lipinski definition) is 0. The van der Waals surface area contributed by atoms with Crippen LogP contribution in [0.2, 0.25) is 0 Å². The Bertz CT molecular complexity index is 432. The number of unbranched alkanes of at least 4 members (excludes halogenated alkanes) is 3. The van der Waals surface area contributed by atoms with E-state index in [-0.39, 0.29) is 17.9 Å². The Hall–Kier alpha value is -1.43. The molecule has 0 aliphatic heterocycles. The Labute approximate surface area is 126 Å². The molecule has 0 atom stereocenters. The summed E-state index contributed by atoms with van der Waals surface area (Å²) in [7, 11) is 0. The number of halogens is 4. The second kappa shape index (κ2) is 8.77. The summed E-state index contributed by atoms with van der Waals surface area (Å²) in [5.41, 5.74) is 0. The molecule has 1 aromatic rings. The zero-order valence-corrected chi connectivity index (χ0v) is 12.0. The van der Waals surface area contributed by atoms with Gasteiger partial charge in [0.2, 0.25) is 0 Å². The van der Waals surface area contributed by atoms with Crippen molar-refractivity contribution in [2.24, 2.45) is 0 Å². The number of ether oxygens (including phenoxy) is 2. The Kier molecular flexibility index (Phi) is 7.36. The Morgan fingerprint density at radius 3 is 2.14 bits per heavy atom. The molecule has 0 unspecified atom stereocenters. The van der Waals surface area contributed by atoms with E-state index in [2.05, 4.69) is 4.74 Å². The van der Waals surface area contributed by atoms with Gasteiger partial charge in [0.1, 0.15) is 11.5 Å². The minimum Gasteiger partial charge on any atom is -0.427 e. The van der Waals surface area contributed by atoms with Crippen molar-refractivity contribution in [1.29, 1.82) is 0 Å².